The molecule has 2 N–H and O–H groups in total. The Balaban J connectivity index is 1.69. The largest absolute Gasteiger partial charge is 0.339 e. The van der Waals surface area contributed by atoms with Crippen molar-refractivity contribution in [3.05, 3.63) is 11.7 Å². The van der Waals surface area contributed by atoms with Crippen LogP contribution in [0.4, 0.5) is 0 Å². The number of hydrogen-bond acceptors (Lipinski definition) is 6. The van der Waals surface area contributed by atoms with E-state index >= 15 is 0 Å². The number of aromatic nitrogens is 2. The van der Waals surface area contributed by atoms with E-state index in [0.29, 0.717) is 6.04 Å². The second-order valence-electron chi connectivity index (χ2n) is 6.56. The molecule has 1 aromatic rings. The van der Waals surface area contributed by atoms with E-state index in [2.05, 4.69) is 22.1 Å². The minimum atomic E-state index is 0.190. The van der Waals surface area contributed by atoms with Crippen molar-refractivity contribution in [1.82, 2.24) is 15.0 Å². The van der Waals surface area contributed by atoms with Gasteiger partial charge in [-0.2, -0.15) is 16.7 Å². The van der Waals surface area contributed by atoms with Crippen LogP contribution in [0.2, 0.25) is 0 Å². The summed E-state index contributed by atoms with van der Waals surface area (Å²) in [6, 6.07) is 0.293. The molecule has 1 saturated heterocycles. The van der Waals surface area contributed by atoms with Gasteiger partial charge in [-0.05, 0) is 31.8 Å². The van der Waals surface area contributed by atoms with Gasteiger partial charge in [-0.1, -0.05) is 24.4 Å². The zero-order valence-corrected chi connectivity index (χ0v) is 13.7. The summed E-state index contributed by atoms with van der Waals surface area (Å²) in [5, 5.41) is 4.24. The van der Waals surface area contributed by atoms with Crippen molar-refractivity contribution >= 4 is 11.8 Å². The molecule has 0 spiro atoms. The van der Waals surface area contributed by atoms with E-state index in [9.17, 15) is 0 Å². The molecule has 5 nitrogen and oxygen atoms in total. The van der Waals surface area contributed by atoms with E-state index in [1.54, 1.807) is 0 Å². The van der Waals surface area contributed by atoms with E-state index in [4.69, 9.17) is 10.3 Å². The van der Waals surface area contributed by atoms with Crippen LogP contribution in [0.25, 0.3) is 0 Å². The van der Waals surface area contributed by atoms with Crippen molar-refractivity contribution in [1.29, 1.82) is 0 Å². The van der Waals surface area contributed by atoms with Crippen LogP contribution in [0.3, 0.4) is 0 Å². The minimum absolute atomic E-state index is 0.190. The van der Waals surface area contributed by atoms with Crippen molar-refractivity contribution in [3.8, 4) is 0 Å². The van der Waals surface area contributed by atoms with E-state index < -0.39 is 0 Å². The fourth-order valence-corrected chi connectivity index (χ4v) is 4.72. The van der Waals surface area contributed by atoms with Crippen LogP contribution in [0, 0.1) is 5.41 Å². The molecule has 2 fully saturated rings. The van der Waals surface area contributed by atoms with Crippen molar-refractivity contribution in [2.24, 2.45) is 11.1 Å². The van der Waals surface area contributed by atoms with E-state index in [1.807, 2.05) is 11.8 Å². The van der Waals surface area contributed by atoms with Crippen LogP contribution < -0.4 is 5.73 Å². The Bertz CT molecular complexity index is 458. The molecular weight excluding hydrogens is 284 g/mol. The summed E-state index contributed by atoms with van der Waals surface area (Å²) in [7, 11) is 2.14. The van der Waals surface area contributed by atoms with Crippen LogP contribution in [0.1, 0.15) is 49.9 Å². The first-order valence-corrected chi connectivity index (χ1v) is 9.18. The molecule has 0 bridgehead atoms. The molecule has 2 heterocycles. The van der Waals surface area contributed by atoms with Crippen molar-refractivity contribution in [2.45, 2.75) is 44.6 Å². The number of hydrogen-bond donors (Lipinski definition) is 1. The predicted molar refractivity (Wildman–Crippen MR) is 85.3 cm³/mol. The Labute approximate surface area is 131 Å². The molecule has 6 heteroatoms. The van der Waals surface area contributed by atoms with Crippen LogP contribution in [-0.2, 0) is 6.42 Å². The Morgan fingerprint density at radius 3 is 2.90 bits per heavy atom. The topological polar surface area (TPSA) is 68.2 Å². The SMILES string of the molecule is CN1CCSCC1c1noc(CC2(CN)CCCCC2)n1. The highest BCUT2D eigenvalue weighted by atomic mass is 32.2. The van der Waals surface area contributed by atoms with Gasteiger partial charge in [0, 0.05) is 24.5 Å². The molecular formula is C15H26N4OS. The molecule has 0 radical (unpaired) electrons. The summed E-state index contributed by atoms with van der Waals surface area (Å²) in [5.41, 5.74) is 6.25. The summed E-state index contributed by atoms with van der Waals surface area (Å²) in [4.78, 5) is 7.01. The number of nitrogens with zero attached hydrogens (tertiary/aromatic N) is 3. The monoisotopic (exact) mass is 310 g/mol. The van der Waals surface area contributed by atoms with Gasteiger partial charge in [0.25, 0.3) is 0 Å². The molecule has 21 heavy (non-hydrogen) atoms. The average Bonchev–Trinajstić information content (AvgIpc) is 2.97. The quantitative estimate of drug-likeness (QED) is 0.920. The van der Waals surface area contributed by atoms with Gasteiger partial charge in [-0.25, -0.2) is 0 Å². The van der Waals surface area contributed by atoms with Gasteiger partial charge in [0.1, 0.15) is 0 Å². The third-order valence-electron chi connectivity index (χ3n) is 5.05. The highest BCUT2D eigenvalue weighted by molar-refractivity contribution is 7.99. The van der Waals surface area contributed by atoms with Gasteiger partial charge in [0.15, 0.2) is 5.82 Å². The maximum Gasteiger partial charge on any atom is 0.227 e. The van der Waals surface area contributed by atoms with Gasteiger partial charge in [-0.3, -0.25) is 4.90 Å². The van der Waals surface area contributed by atoms with Crippen molar-refractivity contribution in [2.75, 3.05) is 31.6 Å². The molecule has 1 atom stereocenters. The zero-order valence-electron chi connectivity index (χ0n) is 12.9. The first-order valence-electron chi connectivity index (χ1n) is 8.03. The molecule has 0 amide bonds. The summed E-state index contributed by atoms with van der Waals surface area (Å²) in [5.74, 6) is 3.87. The fourth-order valence-electron chi connectivity index (χ4n) is 3.51. The van der Waals surface area contributed by atoms with Gasteiger partial charge < -0.3 is 10.3 Å². The maximum atomic E-state index is 6.06. The Hall–Kier alpha value is -0.590. The lowest BCUT2D eigenvalue weighted by Gasteiger charge is -2.35. The third kappa shape index (κ3) is 3.43. The van der Waals surface area contributed by atoms with Crippen molar-refractivity contribution < 1.29 is 4.52 Å². The standard InChI is InChI=1S/C15H26N4OS/c1-19-7-8-21-10-12(19)14-17-13(20-18-14)9-15(11-16)5-3-2-4-6-15/h12H,2-11,16H2,1H3. The number of nitrogens with two attached hydrogens (primary N) is 1. The summed E-state index contributed by atoms with van der Waals surface area (Å²) < 4.78 is 5.54. The van der Waals surface area contributed by atoms with E-state index in [1.165, 1.54) is 37.9 Å². The predicted octanol–water partition coefficient (Wildman–Crippen LogP) is 2.24. The maximum absolute atomic E-state index is 6.06. The lowest BCUT2D eigenvalue weighted by molar-refractivity contribution is 0.177. The first kappa shape index (κ1) is 15.3. The van der Waals surface area contributed by atoms with E-state index in [-0.39, 0.29) is 5.41 Å². The zero-order chi connectivity index (χ0) is 14.7. The van der Waals surface area contributed by atoms with Crippen molar-refractivity contribution in [3.63, 3.8) is 0 Å². The molecule has 1 aliphatic carbocycles. The average molecular weight is 310 g/mol. The first-order chi connectivity index (χ1) is 10.2. The molecule has 1 saturated carbocycles. The second-order valence-corrected chi connectivity index (χ2v) is 7.71. The summed E-state index contributed by atoms with van der Waals surface area (Å²) in [6.07, 6.45) is 7.13. The van der Waals surface area contributed by atoms with Crippen LogP contribution >= 0.6 is 11.8 Å². The van der Waals surface area contributed by atoms with Crippen LogP contribution in [-0.4, -0.2) is 46.7 Å². The normalized spacial score (nSPS) is 26.9. The molecule has 1 unspecified atom stereocenters. The highest BCUT2D eigenvalue weighted by Crippen LogP contribution is 2.38. The Morgan fingerprint density at radius 1 is 1.38 bits per heavy atom. The van der Waals surface area contributed by atoms with Gasteiger partial charge in [-0.15, -0.1) is 0 Å². The third-order valence-corrected chi connectivity index (χ3v) is 6.07. The van der Waals surface area contributed by atoms with E-state index in [0.717, 1.165) is 37.0 Å². The van der Waals surface area contributed by atoms with Crippen LogP contribution in [0.5, 0.6) is 0 Å². The highest BCUT2D eigenvalue weighted by Gasteiger charge is 2.34. The lowest BCUT2D eigenvalue weighted by Crippen LogP contribution is -2.35. The molecule has 118 valence electrons. The van der Waals surface area contributed by atoms with Gasteiger partial charge in [0.2, 0.25) is 5.89 Å². The fraction of sp³-hybridized carbons (Fsp3) is 0.867. The molecule has 3 rings (SSSR count). The lowest BCUT2D eigenvalue weighted by atomic mass is 9.72. The van der Waals surface area contributed by atoms with Gasteiger partial charge >= 0.3 is 0 Å². The second kappa shape index (κ2) is 6.67. The summed E-state index contributed by atoms with van der Waals surface area (Å²) >= 11 is 1.97. The minimum Gasteiger partial charge on any atom is -0.339 e. The van der Waals surface area contributed by atoms with Gasteiger partial charge in [0.05, 0.1) is 6.04 Å². The Kier molecular flexibility index (Phi) is 4.86. The smallest absolute Gasteiger partial charge is 0.227 e. The number of thioether (sulfide) groups is 1. The van der Waals surface area contributed by atoms with Crippen LogP contribution in [0.15, 0.2) is 4.52 Å². The molecule has 1 aliphatic heterocycles. The summed E-state index contributed by atoms with van der Waals surface area (Å²) in [6.45, 7) is 1.82. The molecule has 1 aromatic heterocycles. The number of rotatable bonds is 4. The molecule has 2 aliphatic rings. The molecule has 0 aromatic carbocycles. The Morgan fingerprint density at radius 2 is 2.19 bits per heavy atom.